The summed E-state index contributed by atoms with van der Waals surface area (Å²) in [6, 6.07) is 4.22. The number of carbonyl (C=O) groups excluding carboxylic acids is 2. The van der Waals surface area contributed by atoms with E-state index in [4.69, 9.17) is 0 Å². The number of hydrogen-bond donors (Lipinski definition) is 1. The molecule has 1 unspecified atom stereocenters. The fraction of sp³-hybridized carbons (Fsp3) is 0.625. The highest BCUT2D eigenvalue weighted by Gasteiger charge is 2.27. The van der Waals surface area contributed by atoms with Crippen LogP contribution in [0.5, 0.6) is 0 Å². The van der Waals surface area contributed by atoms with Gasteiger partial charge in [0.25, 0.3) is 5.91 Å². The van der Waals surface area contributed by atoms with Crippen molar-refractivity contribution >= 4 is 23.2 Å². The monoisotopic (exact) mass is 321 g/mol. The molecule has 0 spiro atoms. The second-order valence-corrected chi connectivity index (χ2v) is 7.37. The molecule has 2 aliphatic rings. The molecular weight excluding hydrogens is 298 g/mol. The Kier molecular flexibility index (Phi) is 4.78. The lowest BCUT2D eigenvalue weighted by molar-refractivity contribution is -0.133. The van der Waals surface area contributed by atoms with E-state index in [0.717, 1.165) is 22.7 Å². The van der Waals surface area contributed by atoms with Gasteiger partial charge in [0.15, 0.2) is 0 Å². The van der Waals surface area contributed by atoms with Gasteiger partial charge < -0.3 is 15.1 Å². The maximum atomic E-state index is 12.4. The van der Waals surface area contributed by atoms with Crippen molar-refractivity contribution in [2.75, 3.05) is 32.7 Å². The lowest BCUT2D eigenvalue weighted by atomic mass is 10.1. The first kappa shape index (κ1) is 15.5. The minimum atomic E-state index is 0.0997. The molecule has 1 aromatic heterocycles. The zero-order chi connectivity index (χ0) is 15.5. The molecule has 6 heteroatoms. The summed E-state index contributed by atoms with van der Waals surface area (Å²) in [6.07, 6.45) is 2.86. The lowest BCUT2D eigenvalue weighted by Crippen LogP contribution is -2.51. The van der Waals surface area contributed by atoms with Gasteiger partial charge in [0.05, 0.1) is 4.88 Å². The van der Waals surface area contributed by atoms with Crippen LogP contribution in [0.15, 0.2) is 12.1 Å². The van der Waals surface area contributed by atoms with Crippen LogP contribution in [0.3, 0.4) is 0 Å². The van der Waals surface area contributed by atoms with Gasteiger partial charge in [-0.05, 0) is 38.4 Å². The highest BCUT2D eigenvalue weighted by atomic mass is 32.1. The molecule has 1 N–H and O–H groups in total. The van der Waals surface area contributed by atoms with Gasteiger partial charge in [-0.25, -0.2) is 0 Å². The third-order valence-corrected chi connectivity index (χ3v) is 5.44. The molecule has 5 nitrogen and oxygen atoms in total. The first-order valence-corrected chi connectivity index (χ1v) is 8.82. The van der Waals surface area contributed by atoms with Crippen LogP contribution >= 0.6 is 11.3 Å². The fourth-order valence-corrected chi connectivity index (χ4v) is 3.97. The Balaban J connectivity index is 1.49. The summed E-state index contributed by atoms with van der Waals surface area (Å²) in [4.78, 5) is 30.4. The molecule has 3 rings (SSSR count). The van der Waals surface area contributed by atoms with Crippen LogP contribution in [-0.2, 0) is 4.79 Å². The summed E-state index contributed by atoms with van der Waals surface area (Å²) in [5.41, 5.74) is 0. The van der Waals surface area contributed by atoms with Crippen LogP contribution in [0.2, 0.25) is 0 Å². The minimum Gasteiger partial charge on any atom is -0.339 e. The average molecular weight is 321 g/mol. The number of rotatable bonds is 3. The van der Waals surface area contributed by atoms with Crippen molar-refractivity contribution in [2.24, 2.45) is 0 Å². The molecule has 3 heterocycles. The molecule has 2 fully saturated rings. The molecule has 0 aliphatic carbocycles. The van der Waals surface area contributed by atoms with Crippen molar-refractivity contribution in [3.8, 4) is 0 Å². The molecule has 2 aliphatic heterocycles. The molecule has 0 saturated carbocycles. The van der Waals surface area contributed by atoms with Crippen LogP contribution < -0.4 is 5.32 Å². The van der Waals surface area contributed by atoms with E-state index in [0.29, 0.717) is 38.6 Å². The highest BCUT2D eigenvalue weighted by Crippen LogP contribution is 2.18. The summed E-state index contributed by atoms with van der Waals surface area (Å²) >= 11 is 1.54. The van der Waals surface area contributed by atoms with Crippen molar-refractivity contribution in [1.82, 2.24) is 15.1 Å². The van der Waals surface area contributed by atoms with Gasteiger partial charge in [0, 0.05) is 43.5 Å². The maximum Gasteiger partial charge on any atom is 0.264 e. The predicted octanol–water partition coefficient (Wildman–Crippen LogP) is 1.48. The Morgan fingerprint density at radius 2 is 1.95 bits per heavy atom. The van der Waals surface area contributed by atoms with E-state index in [1.54, 1.807) is 0 Å². The molecule has 1 aromatic rings. The van der Waals surface area contributed by atoms with Gasteiger partial charge in [0.2, 0.25) is 5.91 Å². The molecule has 120 valence electrons. The number of piperazine rings is 1. The van der Waals surface area contributed by atoms with Crippen molar-refractivity contribution < 1.29 is 9.59 Å². The first-order chi connectivity index (χ1) is 10.6. The molecule has 22 heavy (non-hydrogen) atoms. The van der Waals surface area contributed by atoms with E-state index in [1.165, 1.54) is 17.8 Å². The van der Waals surface area contributed by atoms with Crippen molar-refractivity contribution in [3.05, 3.63) is 21.9 Å². The zero-order valence-electron chi connectivity index (χ0n) is 13.0. The maximum absolute atomic E-state index is 12.4. The molecule has 1 atom stereocenters. The Hall–Kier alpha value is -1.40. The van der Waals surface area contributed by atoms with E-state index in [-0.39, 0.29) is 11.8 Å². The number of nitrogens with one attached hydrogen (secondary N) is 1. The van der Waals surface area contributed by atoms with Gasteiger partial charge in [-0.2, -0.15) is 0 Å². The summed E-state index contributed by atoms with van der Waals surface area (Å²) in [5, 5.41) is 3.37. The highest BCUT2D eigenvalue weighted by molar-refractivity contribution is 7.13. The topological polar surface area (TPSA) is 52.7 Å². The van der Waals surface area contributed by atoms with Crippen LogP contribution in [0.1, 0.15) is 33.8 Å². The summed E-state index contributed by atoms with van der Waals surface area (Å²) in [6.45, 7) is 5.62. The second-order valence-electron chi connectivity index (χ2n) is 6.08. The number of hydrogen-bond acceptors (Lipinski definition) is 4. The standard InChI is InChI=1S/C16H23N3O2S/c1-12-4-5-14(22-12)16(21)19-9-7-18(8-10-19)15(20)11-13-3-2-6-17-13/h4-5,13,17H,2-3,6-11H2,1H3. The summed E-state index contributed by atoms with van der Waals surface area (Å²) in [7, 11) is 0. The molecule has 2 amide bonds. The SMILES string of the molecule is Cc1ccc(C(=O)N2CCN(C(=O)CC3CCCN3)CC2)s1. The van der Waals surface area contributed by atoms with Gasteiger partial charge in [-0.1, -0.05) is 0 Å². The Morgan fingerprint density at radius 1 is 1.23 bits per heavy atom. The van der Waals surface area contributed by atoms with Gasteiger partial charge in [-0.15, -0.1) is 11.3 Å². The quantitative estimate of drug-likeness (QED) is 0.917. The second kappa shape index (κ2) is 6.79. The van der Waals surface area contributed by atoms with Crippen LogP contribution in [-0.4, -0.2) is 60.4 Å². The molecule has 2 saturated heterocycles. The number of thiophene rings is 1. The Morgan fingerprint density at radius 3 is 2.55 bits per heavy atom. The first-order valence-electron chi connectivity index (χ1n) is 8.00. The number of amides is 2. The van der Waals surface area contributed by atoms with Crippen molar-refractivity contribution in [3.63, 3.8) is 0 Å². The van der Waals surface area contributed by atoms with E-state index in [1.807, 2.05) is 28.9 Å². The van der Waals surface area contributed by atoms with Gasteiger partial charge in [0.1, 0.15) is 0 Å². The fourth-order valence-electron chi connectivity index (χ4n) is 3.14. The minimum absolute atomic E-state index is 0.0997. The summed E-state index contributed by atoms with van der Waals surface area (Å²) in [5.74, 6) is 0.320. The number of aryl methyl sites for hydroxylation is 1. The normalized spacial score (nSPS) is 22.1. The Bertz CT molecular complexity index is 543. The van der Waals surface area contributed by atoms with Crippen LogP contribution in [0.4, 0.5) is 0 Å². The predicted molar refractivity (Wildman–Crippen MR) is 87.2 cm³/mol. The van der Waals surface area contributed by atoms with Gasteiger partial charge in [-0.3, -0.25) is 9.59 Å². The smallest absolute Gasteiger partial charge is 0.264 e. The molecular formula is C16H23N3O2S. The van der Waals surface area contributed by atoms with Crippen molar-refractivity contribution in [2.45, 2.75) is 32.2 Å². The average Bonchev–Trinajstić information content (AvgIpc) is 3.18. The molecule has 0 radical (unpaired) electrons. The third-order valence-electron chi connectivity index (χ3n) is 4.45. The lowest BCUT2D eigenvalue weighted by Gasteiger charge is -2.35. The number of nitrogens with zero attached hydrogens (tertiary/aromatic N) is 2. The third kappa shape index (κ3) is 3.50. The van der Waals surface area contributed by atoms with Crippen LogP contribution in [0, 0.1) is 6.92 Å². The van der Waals surface area contributed by atoms with Crippen molar-refractivity contribution in [1.29, 1.82) is 0 Å². The van der Waals surface area contributed by atoms with E-state index in [9.17, 15) is 9.59 Å². The van der Waals surface area contributed by atoms with Crippen LogP contribution in [0.25, 0.3) is 0 Å². The van der Waals surface area contributed by atoms with Gasteiger partial charge >= 0.3 is 0 Å². The van der Waals surface area contributed by atoms with E-state index < -0.39 is 0 Å². The largest absolute Gasteiger partial charge is 0.339 e. The van der Waals surface area contributed by atoms with E-state index in [2.05, 4.69) is 5.32 Å². The van der Waals surface area contributed by atoms with E-state index >= 15 is 0 Å². The molecule has 0 aromatic carbocycles. The Labute approximate surface area is 135 Å². The summed E-state index contributed by atoms with van der Waals surface area (Å²) < 4.78 is 0. The number of carbonyl (C=O) groups is 2. The molecule has 0 bridgehead atoms. The zero-order valence-corrected chi connectivity index (χ0v) is 13.8.